The highest BCUT2D eigenvalue weighted by Crippen LogP contribution is 2.27. The van der Waals surface area contributed by atoms with E-state index in [1.165, 1.54) is 12.1 Å². The van der Waals surface area contributed by atoms with Gasteiger partial charge in [-0.05, 0) is 31.2 Å². The van der Waals surface area contributed by atoms with Crippen LogP contribution in [0.2, 0.25) is 0 Å². The normalized spacial score (nSPS) is 9.83. The van der Waals surface area contributed by atoms with Crippen molar-refractivity contribution in [1.29, 1.82) is 5.26 Å². The molecule has 0 saturated heterocycles. The molecule has 0 spiro atoms. The smallest absolute Gasteiger partial charge is 0.125 e. The maximum absolute atomic E-state index is 13.3. The molecule has 0 bridgehead atoms. The van der Waals surface area contributed by atoms with Crippen LogP contribution in [0.15, 0.2) is 42.7 Å². The third-order valence-electron chi connectivity index (χ3n) is 2.65. The molecule has 18 heavy (non-hydrogen) atoms. The summed E-state index contributed by atoms with van der Waals surface area (Å²) in [5.74, 6) is -0.298. The Bertz CT molecular complexity index is 590. The van der Waals surface area contributed by atoms with E-state index in [1.54, 1.807) is 30.6 Å². The molecule has 0 aliphatic carbocycles. The van der Waals surface area contributed by atoms with Crippen molar-refractivity contribution in [3.05, 3.63) is 54.1 Å². The molecule has 0 fully saturated rings. The highest BCUT2D eigenvalue weighted by atomic mass is 19.1. The zero-order valence-corrected chi connectivity index (χ0v) is 9.97. The summed E-state index contributed by atoms with van der Waals surface area (Å²) in [6, 6.07) is 10.1. The fourth-order valence-electron chi connectivity index (χ4n) is 1.83. The van der Waals surface area contributed by atoms with Gasteiger partial charge in [0.15, 0.2) is 0 Å². The van der Waals surface area contributed by atoms with Gasteiger partial charge in [0.05, 0.1) is 17.4 Å². The summed E-state index contributed by atoms with van der Waals surface area (Å²) >= 11 is 0. The van der Waals surface area contributed by atoms with Crippen LogP contribution in [0.1, 0.15) is 12.5 Å². The van der Waals surface area contributed by atoms with Crippen molar-refractivity contribution in [3.63, 3.8) is 0 Å². The summed E-state index contributed by atoms with van der Waals surface area (Å²) in [7, 11) is 0. The van der Waals surface area contributed by atoms with Crippen molar-refractivity contribution >= 4 is 11.4 Å². The number of hydrogen-bond acceptors (Lipinski definition) is 3. The second-order valence-corrected chi connectivity index (χ2v) is 3.73. The Morgan fingerprint density at radius 3 is 2.89 bits per heavy atom. The fourth-order valence-corrected chi connectivity index (χ4v) is 1.83. The van der Waals surface area contributed by atoms with Crippen LogP contribution in [0.25, 0.3) is 0 Å². The Kier molecular flexibility index (Phi) is 3.54. The van der Waals surface area contributed by atoms with E-state index in [4.69, 9.17) is 5.26 Å². The first-order valence-electron chi connectivity index (χ1n) is 5.63. The van der Waals surface area contributed by atoms with E-state index in [0.29, 0.717) is 23.5 Å². The zero-order valence-electron chi connectivity index (χ0n) is 9.97. The first-order chi connectivity index (χ1) is 8.76. The van der Waals surface area contributed by atoms with Gasteiger partial charge in [-0.3, -0.25) is 4.98 Å². The Morgan fingerprint density at radius 1 is 1.39 bits per heavy atom. The number of halogens is 1. The molecule has 4 heteroatoms. The van der Waals surface area contributed by atoms with Crippen LogP contribution < -0.4 is 4.90 Å². The number of anilines is 2. The average molecular weight is 241 g/mol. The number of benzene rings is 1. The third kappa shape index (κ3) is 2.30. The molecule has 0 aliphatic rings. The highest BCUT2D eigenvalue weighted by Gasteiger charge is 2.12. The van der Waals surface area contributed by atoms with E-state index in [-0.39, 0.29) is 5.82 Å². The van der Waals surface area contributed by atoms with Crippen molar-refractivity contribution in [2.45, 2.75) is 6.92 Å². The fraction of sp³-hybridized carbons (Fsp3) is 0.143. The second kappa shape index (κ2) is 5.28. The van der Waals surface area contributed by atoms with Crippen molar-refractivity contribution in [2.75, 3.05) is 11.4 Å². The van der Waals surface area contributed by atoms with Gasteiger partial charge in [-0.1, -0.05) is 6.07 Å². The molecule has 1 aromatic carbocycles. The molecule has 0 atom stereocenters. The number of nitriles is 1. The van der Waals surface area contributed by atoms with E-state index in [1.807, 2.05) is 11.8 Å². The van der Waals surface area contributed by atoms with Crippen LogP contribution in [-0.4, -0.2) is 11.5 Å². The molecule has 3 nitrogen and oxygen atoms in total. The van der Waals surface area contributed by atoms with Crippen molar-refractivity contribution in [2.24, 2.45) is 0 Å². The van der Waals surface area contributed by atoms with Crippen LogP contribution in [0, 0.1) is 17.1 Å². The molecule has 2 rings (SSSR count). The lowest BCUT2D eigenvalue weighted by atomic mass is 10.2. The third-order valence-corrected chi connectivity index (χ3v) is 2.65. The van der Waals surface area contributed by atoms with E-state index in [9.17, 15) is 4.39 Å². The second-order valence-electron chi connectivity index (χ2n) is 3.73. The molecule has 0 saturated carbocycles. The number of rotatable bonds is 3. The summed E-state index contributed by atoms with van der Waals surface area (Å²) in [6.45, 7) is 2.57. The van der Waals surface area contributed by atoms with Gasteiger partial charge in [-0.15, -0.1) is 0 Å². The standard InChI is InChI=1S/C14H12FN3/c1-2-18(13-5-3-4-12(15)8-13)14-10-17-7-6-11(14)9-16/h3-8,10H,2H2,1H3. The quantitative estimate of drug-likeness (QED) is 0.828. The molecule has 1 aromatic heterocycles. The number of aromatic nitrogens is 1. The van der Waals surface area contributed by atoms with Gasteiger partial charge in [-0.25, -0.2) is 4.39 Å². The SMILES string of the molecule is CCN(c1cccc(F)c1)c1cnccc1C#N. The summed E-state index contributed by atoms with van der Waals surface area (Å²) in [6.07, 6.45) is 3.19. The predicted octanol–water partition coefficient (Wildman–Crippen LogP) is 3.25. The molecule has 0 N–H and O–H groups in total. The number of pyridine rings is 1. The van der Waals surface area contributed by atoms with Gasteiger partial charge < -0.3 is 4.90 Å². The number of nitrogens with zero attached hydrogens (tertiary/aromatic N) is 3. The summed E-state index contributed by atoms with van der Waals surface area (Å²) in [5, 5.41) is 9.09. The van der Waals surface area contributed by atoms with Gasteiger partial charge in [0.2, 0.25) is 0 Å². The van der Waals surface area contributed by atoms with E-state index >= 15 is 0 Å². The summed E-state index contributed by atoms with van der Waals surface area (Å²) < 4.78 is 13.3. The maximum atomic E-state index is 13.3. The van der Waals surface area contributed by atoms with Gasteiger partial charge in [0.1, 0.15) is 11.9 Å². The van der Waals surface area contributed by atoms with Crippen molar-refractivity contribution in [3.8, 4) is 6.07 Å². The Labute approximate surface area is 105 Å². The Morgan fingerprint density at radius 2 is 2.22 bits per heavy atom. The lowest BCUT2D eigenvalue weighted by Crippen LogP contribution is -2.17. The minimum Gasteiger partial charge on any atom is -0.339 e. The lowest BCUT2D eigenvalue weighted by Gasteiger charge is -2.23. The largest absolute Gasteiger partial charge is 0.339 e. The molecule has 0 unspecified atom stereocenters. The summed E-state index contributed by atoms with van der Waals surface area (Å²) in [5.41, 5.74) is 1.92. The minimum atomic E-state index is -0.298. The van der Waals surface area contributed by atoms with Crippen LogP contribution >= 0.6 is 0 Å². The molecular weight excluding hydrogens is 229 g/mol. The first kappa shape index (κ1) is 12.1. The van der Waals surface area contributed by atoms with Crippen LogP contribution in [-0.2, 0) is 0 Å². The van der Waals surface area contributed by atoms with Gasteiger partial charge in [0.25, 0.3) is 0 Å². The first-order valence-corrected chi connectivity index (χ1v) is 5.63. The van der Waals surface area contributed by atoms with Crippen molar-refractivity contribution < 1.29 is 4.39 Å². The Balaban J connectivity index is 2.49. The monoisotopic (exact) mass is 241 g/mol. The molecule has 0 amide bonds. The zero-order chi connectivity index (χ0) is 13.0. The van der Waals surface area contributed by atoms with Crippen LogP contribution in [0.5, 0.6) is 0 Å². The maximum Gasteiger partial charge on any atom is 0.125 e. The van der Waals surface area contributed by atoms with Gasteiger partial charge in [-0.2, -0.15) is 5.26 Å². The molecule has 0 radical (unpaired) electrons. The number of hydrogen-bond donors (Lipinski definition) is 0. The predicted molar refractivity (Wildman–Crippen MR) is 68.0 cm³/mol. The van der Waals surface area contributed by atoms with Crippen molar-refractivity contribution in [1.82, 2.24) is 4.98 Å². The van der Waals surface area contributed by atoms with E-state index in [0.717, 1.165) is 0 Å². The van der Waals surface area contributed by atoms with E-state index in [2.05, 4.69) is 11.1 Å². The lowest BCUT2D eigenvalue weighted by molar-refractivity contribution is 0.627. The average Bonchev–Trinajstić information content (AvgIpc) is 2.40. The molecular formula is C14H12FN3. The van der Waals surface area contributed by atoms with Gasteiger partial charge >= 0.3 is 0 Å². The summed E-state index contributed by atoms with van der Waals surface area (Å²) in [4.78, 5) is 5.88. The van der Waals surface area contributed by atoms with Crippen LogP contribution in [0.3, 0.4) is 0 Å². The van der Waals surface area contributed by atoms with Crippen LogP contribution in [0.4, 0.5) is 15.8 Å². The molecule has 2 aromatic rings. The highest BCUT2D eigenvalue weighted by molar-refractivity contribution is 5.68. The molecule has 90 valence electrons. The topological polar surface area (TPSA) is 39.9 Å². The van der Waals surface area contributed by atoms with E-state index < -0.39 is 0 Å². The Hall–Kier alpha value is -2.41. The minimum absolute atomic E-state index is 0.298. The van der Waals surface area contributed by atoms with Gasteiger partial charge in [0, 0.05) is 18.4 Å². The molecule has 1 heterocycles. The molecule has 0 aliphatic heterocycles.